The molecule has 0 radical (unpaired) electrons. The lowest BCUT2D eigenvalue weighted by atomic mass is 10.1. The van der Waals surface area contributed by atoms with Crippen LogP contribution in [0.4, 0.5) is 0 Å². The smallest absolute Gasteiger partial charge is 0.322 e. The van der Waals surface area contributed by atoms with Crippen molar-refractivity contribution in [3.05, 3.63) is 0 Å². The van der Waals surface area contributed by atoms with E-state index in [2.05, 4.69) is 41.6 Å². The van der Waals surface area contributed by atoms with Gasteiger partial charge in [-0.05, 0) is 38.5 Å². The standard InChI is InChI=1S/C24H47N15O7/c25-13(4-1-7-32-22(26)27)19(44)35-10-16(40)38-14(5-2-8-33-23(28)29)20(45)36-11-17(41)39-15(6-3-9-34-24(30)31)21(46)37-12-18(42)43/h13-15H,1-12,25H2,(H,35,44)(H,36,45)(H,37,46)(H,38,40)(H,39,41)(H,42,43)(H4,26,27,32)(H4,28,29,33)(H4,30,31,34)/t13-,14-,15-/m0/s1. The van der Waals surface area contributed by atoms with Gasteiger partial charge in [0.05, 0.1) is 19.1 Å². The van der Waals surface area contributed by atoms with Crippen molar-refractivity contribution in [3.8, 4) is 0 Å². The molecule has 0 aliphatic carbocycles. The van der Waals surface area contributed by atoms with Gasteiger partial charge in [-0.1, -0.05) is 0 Å². The Morgan fingerprint density at radius 1 is 0.543 bits per heavy atom. The molecule has 0 saturated carbocycles. The second kappa shape index (κ2) is 23.0. The van der Waals surface area contributed by atoms with E-state index >= 15 is 0 Å². The van der Waals surface area contributed by atoms with Crippen molar-refractivity contribution in [1.29, 1.82) is 0 Å². The number of nitrogens with two attached hydrogens (primary N) is 7. The molecule has 0 bridgehead atoms. The number of nitrogens with one attached hydrogen (secondary N) is 5. The van der Waals surface area contributed by atoms with Crippen LogP contribution in [0, 0.1) is 0 Å². The lowest BCUT2D eigenvalue weighted by molar-refractivity contribution is -0.138. The fourth-order valence-corrected chi connectivity index (χ4v) is 3.56. The molecule has 20 N–H and O–H groups in total. The Labute approximate surface area is 265 Å². The van der Waals surface area contributed by atoms with Crippen molar-refractivity contribution in [3.63, 3.8) is 0 Å². The number of carbonyl (C=O) groups is 6. The average molecular weight is 658 g/mol. The van der Waals surface area contributed by atoms with Gasteiger partial charge in [0.1, 0.15) is 18.6 Å². The predicted octanol–water partition coefficient (Wildman–Crippen LogP) is -7.12. The van der Waals surface area contributed by atoms with Gasteiger partial charge in [0, 0.05) is 19.6 Å². The topological polar surface area (TPSA) is 402 Å². The zero-order valence-corrected chi connectivity index (χ0v) is 25.5. The van der Waals surface area contributed by atoms with E-state index in [1.165, 1.54) is 0 Å². The van der Waals surface area contributed by atoms with E-state index in [1.54, 1.807) is 0 Å². The molecule has 0 spiro atoms. The van der Waals surface area contributed by atoms with E-state index < -0.39 is 73.3 Å². The van der Waals surface area contributed by atoms with E-state index in [-0.39, 0.29) is 69.6 Å². The Kier molecular flexibility index (Phi) is 20.3. The number of hydrogen-bond acceptors (Lipinski definition) is 10. The van der Waals surface area contributed by atoms with Crippen molar-refractivity contribution in [2.75, 3.05) is 39.3 Å². The third-order valence-electron chi connectivity index (χ3n) is 5.76. The summed E-state index contributed by atoms with van der Waals surface area (Å²) >= 11 is 0. The Morgan fingerprint density at radius 2 is 0.891 bits per heavy atom. The summed E-state index contributed by atoms with van der Waals surface area (Å²) in [6.45, 7) is -1.21. The summed E-state index contributed by atoms with van der Waals surface area (Å²) in [5, 5.41) is 20.6. The molecule has 22 heteroatoms. The molecule has 3 atom stereocenters. The summed E-state index contributed by atoms with van der Waals surface area (Å²) in [7, 11) is 0. The van der Waals surface area contributed by atoms with Gasteiger partial charge in [-0.2, -0.15) is 0 Å². The van der Waals surface area contributed by atoms with E-state index in [0.717, 1.165) is 0 Å². The number of carboxylic acids is 1. The Hall–Kier alpha value is -5.41. The van der Waals surface area contributed by atoms with Crippen LogP contribution in [-0.4, -0.2) is 116 Å². The van der Waals surface area contributed by atoms with E-state index in [4.69, 9.17) is 45.2 Å². The van der Waals surface area contributed by atoms with Gasteiger partial charge >= 0.3 is 5.97 Å². The molecule has 22 nitrogen and oxygen atoms in total. The normalized spacial score (nSPS) is 12.2. The average Bonchev–Trinajstić information content (AvgIpc) is 2.97. The first-order valence-electron chi connectivity index (χ1n) is 14.2. The number of carbonyl (C=O) groups excluding carboxylic acids is 5. The summed E-state index contributed by atoms with van der Waals surface area (Å²) in [4.78, 5) is 84.9. The number of aliphatic carboxylic acids is 1. The number of hydrogen-bond donors (Lipinski definition) is 13. The highest BCUT2D eigenvalue weighted by Crippen LogP contribution is 2.01. The quantitative estimate of drug-likeness (QED) is 0.0276. The van der Waals surface area contributed by atoms with Crippen LogP contribution in [0.15, 0.2) is 15.0 Å². The fourth-order valence-electron chi connectivity index (χ4n) is 3.56. The van der Waals surface area contributed by atoms with Crippen molar-refractivity contribution in [1.82, 2.24) is 26.6 Å². The predicted molar refractivity (Wildman–Crippen MR) is 168 cm³/mol. The van der Waals surface area contributed by atoms with Gasteiger partial charge in [-0.15, -0.1) is 0 Å². The maximum Gasteiger partial charge on any atom is 0.322 e. The van der Waals surface area contributed by atoms with E-state index in [9.17, 15) is 28.8 Å². The summed E-state index contributed by atoms with van der Waals surface area (Å²) in [5.41, 5.74) is 37.5. The largest absolute Gasteiger partial charge is 0.480 e. The number of nitrogens with zero attached hydrogens (tertiary/aromatic N) is 3. The molecule has 0 aromatic heterocycles. The molecule has 5 amide bonds. The zero-order valence-electron chi connectivity index (χ0n) is 25.5. The number of guanidine groups is 3. The monoisotopic (exact) mass is 657 g/mol. The Bertz CT molecular complexity index is 1120. The Balaban J connectivity index is 5.20. The van der Waals surface area contributed by atoms with Crippen LogP contribution in [0.2, 0.25) is 0 Å². The van der Waals surface area contributed by atoms with Crippen LogP contribution >= 0.6 is 0 Å². The van der Waals surface area contributed by atoms with Crippen molar-refractivity contribution >= 4 is 53.4 Å². The van der Waals surface area contributed by atoms with Gasteiger partial charge < -0.3 is 71.8 Å². The molecule has 0 fully saturated rings. The Morgan fingerprint density at radius 3 is 1.26 bits per heavy atom. The molecule has 0 rings (SSSR count). The number of aliphatic imine (C=N–C) groups is 3. The molecule has 0 aliphatic heterocycles. The molecule has 0 unspecified atom stereocenters. The molecule has 0 aromatic rings. The summed E-state index contributed by atoms with van der Waals surface area (Å²) in [6, 6.07) is -3.25. The number of amides is 5. The van der Waals surface area contributed by atoms with Gasteiger partial charge in [-0.3, -0.25) is 43.7 Å². The molecule has 260 valence electrons. The lowest BCUT2D eigenvalue weighted by Gasteiger charge is -2.20. The van der Waals surface area contributed by atoms with Crippen molar-refractivity contribution < 1.29 is 33.9 Å². The molecule has 0 heterocycles. The number of carboxylic acid groups (broad SMARTS) is 1. The molecule has 46 heavy (non-hydrogen) atoms. The highest BCUT2D eigenvalue weighted by molar-refractivity contribution is 5.94. The fraction of sp³-hybridized carbons (Fsp3) is 0.625. The van der Waals surface area contributed by atoms with E-state index in [1.807, 2.05) is 0 Å². The third kappa shape index (κ3) is 21.3. The highest BCUT2D eigenvalue weighted by atomic mass is 16.4. The summed E-state index contributed by atoms with van der Waals surface area (Å²) < 4.78 is 0. The molecule has 0 saturated heterocycles. The van der Waals surface area contributed by atoms with Gasteiger partial charge in [0.25, 0.3) is 0 Å². The molecule has 0 aliphatic rings. The minimum atomic E-state index is -1.29. The first kappa shape index (κ1) is 40.6. The van der Waals surface area contributed by atoms with Crippen molar-refractivity contribution in [2.24, 2.45) is 55.1 Å². The maximum absolute atomic E-state index is 12.9. The minimum absolute atomic E-state index is 0.0526. The molecular formula is C24H47N15O7. The van der Waals surface area contributed by atoms with Crippen LogP contribution in [-0.2, 0) is 28.8 Å². The lowest BCUT2D eigenvalue weighted by Crippen LogP contribution is -2.53. The molecule has 0 aromatic carbocycles. The number of rotatable bonds is 23. The molecular weight excluding hydrogens is 610 g/mol. The second-order valence-electron chi connectivity index (χ2n) is 9.74. The van der Waals surface area contributed by atoms with Crippen LogP contribution in [0.3, 0.4) is 0 Å². The summed E-state index contributed by atoms with van der Waals surface area (Å²) in [5.74, 6) is -5.34. The van der Waals surface area contributed by atoms with Gasteiger partial charge in [0.15, 0.2) is 17.9 Å². The minimum Gasteiger partial charge on any atom is -0.480 e. The van der Waals surface area contributed by atoms with Crippen LogP contribution < -0.4 is 66.7 Å². The third-order valence-corrected chi connectivity index (χ3v) is 5.76. The first-order chi connectivity index (χ1) is 21.6. The van der Waals surface area contributed by atoms with Gasteiger partial charge in [0.2, 0.25) is 29.5 Å². The SMILES string of the molecule is NC(N)=NCCC[C@H](NC(=O)CNC(=O)[C@H](CCCN=C(N)N)NC(=O)CNC(=O)[C@@H](N)CCCN=C(N)N)C(=O)NCC(=O)O. The van der Waals surface area contributed by atoms with E-state index in [0.29, 0.717) is 6.42 Å². The maximum atomic E-state index is 12.9. The first-order valence-corrected chi connectivity index (χ1v) is 14.2. The van der Waals surface area contributed by atoms with Crippen LogP contribution in [0.5, 0.6) is 0 Å². The second-order valence-corrected chi connectivity index (χ2v) is 9.74. The van der Waals surface area contributed by atoms with Crippen LogP contribution in [0.1, 0.15) is 38.5 Å². The van der Waals surface area contributed by atoms with Crippen LogP contribution in [0.25, 0.3) is 0 Å². The van der Waals surface area contributed by atoms with Gasteiger partial charge in [-0.25, -0.2) is 0 Å². The zero-order chi connectivity index (χ0) is 35.1. The van der Waals surface area contributed by atoms with Crippen molar-refractivity contribution in [2.45, 2.75) is 56.7 Å². The highest BCUT2D eigenvalue weighted by Gasteiger charge is 2.24. The summed E-state index contributed by atoms with van der Waals surface area (Å²) in [6.07, 6.45) is 1.31.